The number of thiazole rings is 1. The molecule has 1 unspecified atom stereocenters. The van der Waals surface area contributed by atoms with E-state index < -0.39 is 0 Å². The minimum absolute atomic E-state index is 0.375. The number of anilines is 1. The second-order valence-electron chi connectivity index (χ2n) is 3.34. The summed E-state index contributed by atoms with van der Waals surface area (Å²) in [5, 5.41) is 4.51. The van der Waals surface area contributed by atoms with Crippen LogP contribution in [0, 0.1) is 6.92 Å². The minimum Gasteiger partial charge on any atom is -0.464 e. The van der Waals surface area contributed by atoms with Gasteiger partial charge < -0.3 is 10.1 Å². The third-order valence-corrected chi connectivity index (χ3v) is 4.02. The lowest BCUT2D eigenvalue weighted by molar-refractivity contribution is 0.0594. The summed E-state index contributed by atoms with van der Waals surface area (Å²) in [4.78, 5) is 16.4. The Hall–Kier alpha value is -0.750. The van der Waals surface area contributed by atoms with Crippen molar-refractivity contribution < 1.29 is 9.53 Å². The van der Waals surface area contributed by atoms with Crippen molar-refractivity contribution in [2.24, 2.45) is 0 Å². The molecule has 0 aliphatic rings. The molecule has 6 heteroatoms. The van der Waals surface area contributed by atoms with Crippen LogP contribution in [0.2, 0.25) is 0 Å². The Balaban J connectivity index is 2.66. The molecule has 0 aliphatic heterocycles. The van der Waals surface area contributed by atoms with Crippen LogP contribution in [-0.2, 0) is 4.74 Å². The normalized spacial score (nSPS) is 12.2. The van der Waals surface area contributed by atoms with Gasteiger partial charge in [-0.2, -0.15) is 11.8 Å². The van der Waals surface area contributed by atoms with E-state index in [-0.39, 0.29) is 5.97 Å². The first-order valence-corrected chi connectivity index (χ1v) is 7.01. The topological polar surface area (TPSA) is 51.2 Å². The predicted molar refractivity (Wildman–Crippen MR) is 69.7 cm³/mol. The van der Waals surface area contributed by atoms with Crippen LogP contribution >= 0.6 is 23.1 Å². The molecule has 0 saturated heterocycles. The van der Waals surface area contributed by atoms with Gasteiger partial charge in [-0.05, 0) is 13.2 Å². The molecule has 0 fully saturated rings. The van der Waals surface area contributed by atoms with Crippen molar-refractivity contribution >= 4 is 34.2 Å². The van der Waals surface area contributed by atoms with Crippen molar-refractivity contribution in [1.29, 1.82) is 0 Å². The van der Waals surface area contributed by atoms with Gasteiger partial charge in [0.05, 0.1) is 7.11 Å². The molecule has 1 atom stereocenters. The van der Waals surface area contributed by atoms with Crippen LogP contribution in [0.5, 0.6) is 0 Å². The molecular formula is C10H16N2O2S2. The quantitative estimate of drug-likeness (QED) is 0.824. The number of thioether (sulfide) groups is 1. The average Bonchev–Trinajstić information content (AvgIpc) is 2.66. The van der Waals surface area contributed by atoms with E-state index in [1.54, 1.807) is 11.8 Å². The lowest BCUT2D eigenvalue weighted by Crippen LogP contribution is -2.12. The van der Waals surface area contributed by atoms with E-state index in [9.17, 15) is 4.79 Å². The van der Waals surface area contributed by atoms with Crippen molar-refractivity contribution in [3.63, 3.8) is 0 Å². The number of nitrogens with zero attached hydrogens (tertiary/aromatic N) is 1. The number of hydrogen-bond donors (Lipinski definition) is 1. The molecule has 0 saturated carbocycles. The van der Waals surface area contributed by atoms with Gasteiger partial charge in [-0.15, -0.1) is 11.3 Å². The van der Waals surface area contributed by atoms with E-state index in [2.05, 4.69) is 28.2 Å². The van der Waals surface area contributed by atoms with Gasteiger partial charge in [0.1, 0.15) is 0 Å². The predicted octanol–water partition coefficient (Wildman–Crippen LogP) is 2.40. The summed E-state index contributed by atoms with van der Waals surface area (Å²) in [7, 11) is 1.37. The third kappa shape index (κ3) is 3.38. The number of rotatable bonds is 5. The van der Waals surface area contributed by atoms with Crippen LogP contribution in [0.25, 0.3) is 0 Å². The van der Waals surface area contributed by atoms with E-state index in [1.807, 2.05) is 6.92 Å². The molecule has 90 valence electrons. The highest BCUT2D eigenvalue weighted by Crippen LogP contribution is 2.22. The molecule has 1 heterocycles. The summed E-state index contributed by atoms with van der Waals surface area (Å²) in [6.45, 7) is 4.85. The fraction of sp³-hybridized carbons (Fsp3) is 0.600. The number of methoxy groups -OCH3 is 1. The summed E-state index contributed by atoms with van der Waals surface area (Å²) >= 11 is 3.27. The first-order valence-electron chi connectivity index (χ1n) is 4.91. The van der Waals surface area contributed by atoms with Crippen molar-refractivity contribution in [2.75, 3.05) is 25.2 Å². The Morgan fingerprint density at radius 1 is 1.69 bits per heavy atom. The smallest absolute Gasteiger partial charge is 0.357 e. The fourth-order valence-corrected chi connectivity index (χ4v) is 2.13. The second kappa shape index (κ2) is 6.10. The van der Waals surface area contributed by atoms with Crippen molar-refractivity contribution in [2.45, 2.75) is 19.1 Å². The number of aryl methyl sites for hydroxylation is 1. The van der Waals surface area contributed by atoms with Gasteiger partial charge >= 0.3 is 5.97 Å². The van der Waals surface area contributed by atoms with Gasteiger partial charge in [0.15, 0.2) is 10.8 Å². The van der Waals surface area contributed by atoms with Gasteiger partial charge in [-0.1, -0.05) is 6.92 Å². The summed E-state index contributed by atoms with van der Waals surface area (Å²) < 4.78 is 4.65. The lowest BCUT2D eigenvalue weighted by atomic mass is 10.4. The first kappa shape index (κ1) is 13.3. The van der Waals surface area contributed by atoms with E-state index in [0.29, 0.717) is 10.9 Å². The highest BCUT2D eigenvalue weighted by Gasteiger charge is 2.15. The summed E-state index contributed by atoms with van der Waals surface area (Å²) in [5.74, 6) is -0.375. The molecule has 0 radical (unpaired) electrons. The van der Waals surface area contributed by atoms with Gasteiger partial charge in [-0.3, -0.25) is 0 Å². The first-order chi connectivity index (χ1) is 7.58. The summed E-state index contributed by atoms with van der Waals surface area (Å²) in [5.41, 5.74) is 0.409. The molecular weight excluding hydrogens is 244 g/mol. The van der Waals surface area contributed by atoms with Gasteiger partial charge in [-0.25, -0.2) is 9.78 Å². The average molecular weight is 260 g/mol. The molecule has 1 aromatic heterocycles. The van der Waals surface area contributed by atoms with Crippen LogP contribution in [0.3, 0.4) is 0 Å². The van der Waals surface area contributed by atoms with Crippen molar-refractivity contribution in [3.8, 4) is 0 Å². The Kier molecular flexibility index (Phi) is 5.08. The molecule has 0 amide bonds. The van der Waals surface area contributed by atoms with Crippen LogP contribution in [0.15, 0.2) is 0 Å². The van der Waals surface area contributed by atoms with E-state index >= 15 is 0 Å². The molecule has 0 aliphatic carbocycles. The maximum Gasteiger partial charge on any atom is 0.357 e. The number of carbonyl (C=O) groups is 1. The molecule has 0 spiro atoms. The molecule has 0 aromatic carbocycles. The van der Waals surface area contributed by atoms with Crippen LogP contribution in [0.1, 0.15) is 22.3 Å². The number of ether oxygens (including phenoxy) is 1. The highest BCUT2D eigenvalue weighted by atomic mass is 32.2. The van der Waals surface area contributed by atoms with Gasteiger partial charge in [0, 0.05) is 16.7 Å². The number of hydrogen-bond acceptors (Lipinski definition) is 6. The zero-order valence-corrected chi connectivity index (χ0v) is 11.5. The molecule has 1 aromatic rings. The molecule has 1 N–H and O–H groups in total. The number of aromatic nitrogens is 1. The zero-order valence-electron chi connectivity index (χ0n) is 9.86. The highest BCUT2D eigenvalue weighted by molar-refractivity contribution is 7.99. The molecule has 4 nitrogen and oxygen atoms in total. The molecule has 1 rings (SSSR count). The van der Waals surface area contributed by atoms with E-state index in [4.69, 9.17) is 0 Å². The summed E-state index contributed by atoms with van der Waals surface area (Å²) in [6.07, 6.45) is 2.07. The minimum atomic E-state index is -0.375. The van der Waals surface area contributed by atoms with Crippen molar-refractivity contribution in [3.05, 3.63) is 10.6 Å². The Labute approximate surface area is 104 Å². The largest absolute Gasteiger partial charge is 0.464 e. The third-order valence-electron chi connectivity index (χ3n) is 2.12. The maximum atomic E-state index is 11.3. The Morgan fingerprint density at radius 3 is 2.94 bits per heavy atom. The lowest BCUT2D eigenvalue weighted by Gasteiger charge is -2.07. The molecule has 0 bridgehead atoms. The zero-order chi connectivity index (χ0) is 12.1. The van der Waals surface area contributed by atoms with Gasteiger partial charge in [0.25, 0.3) is 0 Å². The van der Waals surface area contributed by atoms with Crippen LogP contribution < -0.4 is 5.32 Å². The van der Waals surface area contributed by atoms with Crippen LogP contribution in [0.4, 0.5) is 5.13 Å². The van der Waals surface area contributed by atoms with Gasteiger partial charge in [0.2, 0.25) is 0 Å². The Bertz CT molecular complexity index is 366. The SMILES string of the molecule is COC(=O)c1nc(NCC(C)SC)sc1C. The van der Waals surface area contributed by atoms with E-state index in [1.165, 1.54) is 18.4 Å². The second-order valence-corrected chi connectivity index (χ2v) is 5.82. The fourth-order valence-electron chi connectivity index (χ4n) is 1.07. The number of nitrogens with one attached hydrogen (secondary N) is 1. The van der Waals surface area contributed by atoms with Crippen LogP contribution in [-0.4, -0.2) is 36.1 Å². The summed E-state index contributed by atoms with van der Waals surface area (Å²) in [6, 6.07) is 0. The molecule has 16 heavy (non-hydrogen) atoms. The standard InChI is InChI=1S/C10H16N2O2S2/c1-6(15-4)5-11-10-12-8(7(2)16-10)9(13)14-3/h6H,5H2,1-4H3,(H,11,12). The Morgan fingerprint density at radius 2 is 2.38 bits per heavy atom. The van der Waals surface area contributed by atoms with E-state index in [0.717, 1.165) is 16.6 Å². The monoisotopic (exact) mass is 260 g/mol. The number of esters is 1. The number of carbonyl (C=O) groups excluding carboxylic acids is 1. The maximum absolute atomic E-state index is 11.3. The van der Waals surface area contributed by atoms with Crippen molar-refractivity contribution in [1.82, 2.24) is 4.98 Å².